The van der Waals surface area contributed by atoms with Crippen LogP contribution in [0.25, 0.3) is 0 Å². The van der Waals surface area contributed by atoms with Crippen molar-refractivity contribution < 1.29 is 13.9 Å². The molecule has 2 aliphatic rings. The predicted octanol–water partition coefficient (Wildman–Crippen LogP) is 2.96. The summed E-state index contributed by atoms with van der Waals surface area (Å²) in [6.45, 7) is 1.95. The van der Waals surface area contributed by atoms with Gasteiger partial charge >= 0.3 is 0 Å². The van der Waals surface area contributed by atoms with E-state index >= 15 is 0 Å². The summed E-state index contributed by atoms with van der Waals surface area (Å²) in [6.07, 6.45) is 2.62. The van der Waals surface area contributed by atoms with Gasteiger partial charge in [0.2, 0.25) is 0 Å². The number of rotatable bonds is 1. The molecule has 1 saturated carbocycles. The lowest BCUT2D eigenvalue weighted by Crippen LogP contribution is -2.41. The number of ketones is 1. The smallest absolute Gasteiger partial charge is 0.170 e. The molecule has 0 saturated heterocycles. The summed E-state index contributed by atoms with van der Waals surface area (Å²) in [7, 11) is 0. The Morgan fingerprint density at radius 1 is 1.44 bits per heavy atom. The van der Waals surface area contributed by atoms with Gasteiger partial charge in [0.25, 0.3) is 0 Å². The number of hydrogen-bond donors (Lipinski definition) is 0. The molecule has 16 heavy (non-hydrogen) atoms. The Hall–Kier alpha value is -1.38. The molecule has 0 aromatic heterocycles. The molecule has 1 aliphatic carbocycles. The van der Waals surface area contributed by atoms with Crippen molar-refractivity contribution in [2.45, 2.75) is 31.8 Å². The van der Waals surface area contributed by atoms with Gasteiger partial charge in [0, 0.05) is 6.07 Å². The number of Topliss-reactive ketones (excluding diaryl/α,β-unsaturated/α-hetero) is 1. The summed E-state index contributed by atoms with van der Waals surface area (Å²) in [4.78, 5) is 11.9. The van der Waals surface area contributed by atoms with E-state index in [1.165, 1.54) is 18.2 Å². The predicted molar refractivity (Wildman–Crippen MR) is 57.1 cm³/mol. The van der Waals surface area contributed by atoms with Crippen LogP contribution >= 0.6 is 0 Å². The second-order valence-corrected chi connectivity index (χ2v) is 4.93. The molecule has 2 nitrogen and oxygen atoms in total. The Balaban J connectivity index is 2.03. The van der Waals surface area contributed by atoms with Crippen LogP contribution in [-0.4, -0.2) is 11.4 Å². The molecule has 1 aromatic carbocycles. The zero-order valence-corrected chi connectivity index (χ0v) is 9.13. The van der Waals surface area contributed by atoms with Crippen LogP contribution in [0.15, 0.2) is 18.2 Å². The topological polar surface area (TPSA) is 26.3 Å². The number of halogens is 1. The van der Waals surface area contributed by atoms with E-state index in [4.69, 9.17) is 4.74 Å². The molecule has 0 bridgehead atoms. The van der Waals surface area contributed by atoms with E-state index in [0.29, 0.717) is 23.7 Å². The van der Waals surface area contributed by atoms with Crippen molar-refractivity contribution >= 4 is 5.78 Å². The van der Waals surface area contributed by atoms with Crippen molar-refractivity contribution in [1.29, 1.82) is 0 Å². The van der Waals surface area contributed by atoms with Gasteiger partial charge in [0.15, 0.2) is 5.78 Å². The molecule has 1 aromatic rings. The van der Waals surface area contributed by atoms with Crippen molar-refractivity contribution in [3.63, 3.8) is 0 Å². The Morgan fingerprint density at radius 2 is 2.19 bits per heavy atom. The fourth-order valence-corrected chi connectivity index (χ4v) is 2.43. The van der Waals surface area contributed by atoms with Crippen LogP contribution in [0.4, 0.5) is 4.39 Å². The molecule has 0 amide bonds. The van der Waals surface area contributed by atoms with E-state index in [9.17, 15) is 9.18 Å². The second-order valence-electron chi connectivity index (χ2n) is 4.93. The van der Waals surface area contributed by atoms with E-state index in [1.807, 2.05) is 6.92 Å². The van der Waals surface area contributed by atoms with Crippen LogP contribution in [0.2, 0.25) is 0 Å². The zero-order valence-electron chi connectivity index (χ0n) is 9.13. The maximum absolute atomic E-state index is 13.1. The first-order valence-electron chi connectivity index (χ1n) is 5.60. The standard InChI is InChI=1S/C13H13FO2/c1-13(8-2-3-8)7-11(15)10-5-4-9(14)6-12(10)16-13/h4-6,8H,2-3,7H2,1H3. The molecule has 0 radical (unpaired) electrons. The van der Waals surface area contributed by atoms with E-state index in [1.54, 1.807) is 0 Å². The maximum atomic E-state index is 13.1. The molecule has 1 fully saturated rings. The van der Waals surface area contributed by atoms with Crippen LogP contribution in [0.5, 0.6) is 5.75 Å². The molecule has 0 spiro atoms. The quantitative estimate of drug-likeness (QED) is 0.727. The summed E-state index contributed by atoms with van der Waals surface area (Å²) in [6, 6.07) is 4.13. The number of carbonyl (C=O) groups excluding carboxylic acids is 1. The van der Waals surface area contributed by atoms with Crippen LogP contribution in [0, 0.1) is 11.7 Å². The Kier molecular flexibility index (Phi) is 1.88. The van der Waals surface area contributed by atoms with E-state index in [-0.39, 0.29) is 11.6 Å². The molecular formula is C13H13FO2. The summed E-state index contributed by atoms with van der Waals surface area (Å²) in [5.74, 6) is 0.570. The molecule has 1 aliphatic heterocycles. The lowest BCUT2D eigenvalue weighted by molar-refractivity contribution is 0.0378. The van der Waals surface area contributed by atoms with Crippen LogP contribution in [0.3, 0.4) is 0 Å². The number of fused-ring (bicyclic) bond motifs is 1. The minimum Gasteiger partial charge on any atom is -0.486 e. The number of benzene rings is 1. The Labute approximate surface area is 93.4 Å². The van der Waals surface area contributed by atoms with Gasteiger partial charge in [-0.15, -0.1) is 0 Å². The molecular weight excluding hydrogens is 207 g/mol. The second kappa shape index (κ2) is 3.06. The van der Waals surface area contributed by atoms with Crippen molar-refractivity contribution in [3.8, 4) is 5.75 Å². The van der Waals surface area contributed by atoms with E-state index < -0.39 is 5.60 Å². The average molecular weight is 220 g/mol. The first-order chi connectivity index (χ1) is 7.58. The highest BCUT2D eigenvalue weighted by Gasteiger charge is 2.47. The monoisotopic (exact) mass is 220 g/mol. The Bertz CT molecular complexity index is 465. The summed E-state index contributed by atoms with van der Waals surface area (Å²) < 4.78 is 18.9. The first kappa shape index (κ1) is 9.82. The highest BCUT2D eigenvalue weighted by atomic mass is 19.1. The van der Waals surface area contributed by atoms with E-state index in [2.05, 4.69) is 0 Å². The summed E-state index contributed by atoms with van der Waals surface area (Å²) in [5, 5.41) is 0. The van der Waals surface area contributed by atoms with E-state index in [0.717, 1.165) is 12.8 Å². The third-order valence-electron chi connectivity index (χ3n) is 3.54. The third kappa shape index (κ3) is 1.42. The fraction of sp³-hybridized carbons (Fsp3) is 0.462. The van der Waals surface area contributed by atoms with Crippen molar-refractivity contribution in [2.75, 3.05) is 0 Å². The van der Waals surface area contributed by atoms with Gasteiger partial charge in [-0.1, -0.05) is 0 Å². The minimum absolute atomic E-state index is 0.0654. The lowest BCUT2D eigenvalue weighted by atomic mass is 9.88. The van der Waals surface area contributed by atoms with Gasteiger partial charge < -0.3 is 4.74 Å². The van der Waals surface area contributed by atoms with Gasteiger partial charge in [-0.2, -0.15) is 0 Å². The average Bonchev–Trinajstić information content (AvgIpc) is 2.99. The largest absolute Gasteiger partial charge is 0.486 e. The van der Waals surface area contributed by atoms with Crippen molar-refractivity contribution in [2.24, 2.45) is 5.92 Å². The molecule has 3 heteroatoms. The minimum atomic E-state index is -0.419. The molecule has 1 heterocycles. The van der Waals surface area contributed by atoms with Crippen LogP contribution < -0.4 is 4.74 Å². The van der Waals surface area contributed by atoms with Gasteiger partial charge in [-0.3, -0.25) is 4.79 Å². The molecule has 0 N–H and O–H groups in total. The highest BCUT2D eigenvalue weighted by molar-refractivity contribution is 6.00. The SMILES string of the molecule is CC1(C2CC2)CC(=O)c2ccc(F)cc2O1. The molecule has 1 unspecified atom stereocenters. The third-order valence-corrected chi connectivity index (χ3v) is 3.54. The van der Waals surface area contributed by atoms with Crippen molar-refractivity contribution in [3.05, 3.63) is 29.6 Å². The molecule has 84 valence electrons. The van der Waals surface area contributed by atoms with Gasteiger partial charge in [0.1, 0.15) is 17.2 Å². The summed E-state index contributed by atoms with van der Waals surface area (Å²) >= 11 is 0. The first-order valence-corrected chi connectivity index (χ1v) is 5.60. The Morgan fingerprint density at radius 3 is 2.88 bits per heavy atom. The van der Waals surface area contributed by atoms with Crippen molar-refractivity contribution in [1.82, 2.24) is 0 Å². The van der Waals surface area contributed by atoms with Crippen LogP contribution in [0.1, 0.15) is 36.5 Å². The molecule has 3 rings (SSSR count). The van der Waals surface area contributed by atoms with Crippen LogP contribution in [-0.2, 0) is 0 Å². The van der Waals surface area contributed by atoms with Gasteiger partial charge in [-0.25, -0.2) is 4.39 Å². The maximum Gasteiger partial charge on any atom is 0.170 e. The molecule has 1 atom stereocenters. The number of carbonyl (C=O) groups is 1. The number of hydrogen-bond acceptors (Lipinski definition) is 2. The summed E-state index contributed by atoms with van der Waals surface area (Å²) in [5.41, 5.74) is 0.0947. The normalized spacial score (nSPS) is 28.5. The lowest BCUT2D eigenvalue weighted by Gasteiger charge is -2.35. The fourth-order valence-electron chi connectivity index (χ4n) is 2.43. The number of ether oxygens (including phenoxy) is 1. The van der Waals surface area contributed by atoms with Gasteiger partial charge in [0.05, 0.1) is 12.0 Å². The van der Waals surface area contributed by atoms with Gasteiger partial charge in [-0.05, 0) is 37.8 Å². The highest BCUT2D eigenvalue weighted by Crippen LogP contribution is 2.47. The zero-order chi connectivity index (χ0) is 11.3.